The van der Waals surface area contributed by atoms with Gasteiger partial charge in [0.05, 0.1) is 18.2 Å². The second-order valence-corrected chi connectivity index (χ2v) is 10.2. The summed E-state index contributed by atoms with van der Waals surface area (Å²) in [6.07, 6.45) is 2.44. The summed E-state index contributed by atoms with van der Waals surface area (Å²) in [5.74, 6) is -0.961. The lowest BCUT2D eigenvalue weighted by Gasteiger charge is -2.23. The van der Waals surface area contributed by atoms with Crippen LogP contribution in [0.5, 0.6) is 5.75 Å². The lowest BCUT2D eigenvalue weighted by molar-refractivity contribution is -0.119. The number of rotatable bonds is 10. The number of nitrogens with zero attached hydrogens (tertiary/aromatic N) is 2. The molecule has 3 aromatic carbocycles. The molecule has 0 saturated carbocycles. The van der Waals surface area contributed by atoms with Crippen LogP contribution in [0.3, 0.4) is 0 Å². The maximum Gasteiger partial charge on any atom is 0.262 e. The van der Waals surface area contributed by atoms with Gasteiger partial charge in [-0.25, -0.2) is 18.2 Å². The molecule has 3 rings (SSSR count). The van der Waals surface area contributed by atoms with Crippen molar-refractivity contribution in [1.29, 1.82) is 0 Å². The van der Waals surface area contributed by atoms with Crippen molar-refractivity contribution in [2.45, 2.75) is 13.8 Å². The lowest BCUT2D eigenvalue weighted by Crippen LogP contribution is -2.39. The highest BCUT2D eigenvalue weighted by molar-refractivity contribution is 7.92. The number of sulfonamides is 1. The molecule has 0 aliphatic carbocycles. The van der Waals surface area contributed by atoms with Gasteiger partial charge in [0.2, 0.25) is 10.0 Å². The molecule has 0 unspecified atom stereocenters. The van der Waals surface area contributed by atoms with Crippen LogP contribution < -0.4 is 19.8 Å². The quantitative estimate of drug-likeness (QED) is 0.310. The van der Waals surface area contributed by atoms with Crippen molar-refractivity contribution in [3.8, 4) is 5.75 Å². The van der Waals surface area contributed by atoms with E-state index in [-0.39, 0.29) is 6.61 Å². The van der Waals surface area contributed by atoms with E-state index in [9.17, 15) is 22.4 Å². The third-order valence-corrected chi connectivity index (χ3v) is 6.23. The zero-order valence-corrected chi connectivity index (χ0v) is 21.4. The molecule has 0 aliphatic rings. The van der Waals surface area contributed by atoms with Gasteiger partial charge < -0.3 is 10.1 Å². The molecule has 0 atom stereocenters. The molecule has 0 saturated heterocycles. The van der Waals surface area contributed by atoms with E-state index >= 15 is 0 Å². The van der Waals surface area contributed by atoms with Gasteiger partial charge in [-0.3, -0.25) is 13.9 Å². The highest BCUT2D eigenvalue weighted by atomic mass is 32.2. The average Bonchev–Trinajstić information content (AvgIpc) is 2.84. The fraction of sp³-hybridized carbons (Fsp3) is 0.192. The van der Waals surface area contributed by atoms with Gasteiger partial charge >= 0.3 is 0 Å². The number of carbonyl (C=O) groups excluding carboxylic acids is 2. The number of nitrogens with one attached hydrogen (secondary N) is 2. The molecule has 0 bridgehead atoms. The van der Waals surface area contributed by atoms with Crippen LogP contribution in [0.2, 0.25) is 0 Å². The number of hydrazone groups is 1. The predicted octanol–water partition coefficient (Wildman–Crippen LogP) is 3.38. The van der Waals surface area contributed by atoms with Crippen LogP contribution in [0.15, 0.2) is 71.8 Å². The van der Waals surface area contributed by atoms with Gasteiger partial charge in [-0.1, -0.05) is 12.1 Å². The molecule has 2 amide bonds. The molecular formula is C26H27FN4O5S. The Labute approximate surface area is 215 Å². The fourth-order valence-corrected chi connectivity index (χ4v) is 4.15. The van der Waals surface area contributed by atoms with Crippen LogP contribution in [0.25, 0.3) is 0 Å². The van der Waals surface area contributed by atoms with Crippen LogP contribution >= 0.6 is 0 Å². The fourth-order valence-electron chi connectivity index (χ4n) is 3.24. The third kappa shape index (κ3) is 8.43. The first kappa shape index (κ1) is 27.3. The van der Waals surface area contributed by atoms with Crippen LogP contribution in [-0.2, 0) is 19.6 Å². The zero-order valence-electron chi connectivity index (χ0n) is 20.6. The molecule has 194 valence electrons. The van der Waals surface area contributed by atoms with Crippen molar-refractivity contribution in [1.82, 2.24) is 5.43 Å². The maximum absolute atomic E-state index is 12.9. The highest BCUT2D eigenvalue weighted by Crippen LogP contribution is 2.23. The molecule has 0 aliphatic heterocycles. The molecule has 0 spiro atoms. The minimum absolute atomic E-state index is 0.238. The number of amides is 2. The normalized spacial score (nSPS) is 11.2. The molecule has 9 nitrogen and oxygen atoms in total. The van der Waals surface area contributed by atoms with E-state index in [0.29, 0.717) is 22.7 Å². The van der Waals surface area contributed by atoms with Crippen molar-refractivity contribution in [3.05, 3.63) is 89.2 Å². The zero-order chi connectivity index (χ0) is 27.0. The van der Waals surface area contributed by atoms with Crippen LogP contribution in [0.4, 0.5) is 15.8 Å². The van der Waals surface area contributed by atoms with E-state index in [1.165, 1.54) is 30.5 Å². The largest absolute Gasteiger partial charge is 0.484 e. The van der Waals surface area contributed by atoms with E-state index in [0.717, 1.165) is 21.7 Å². The van der Waals surface area contributed by atoms with Gasteiger partial charge in [0.25, 0.3) is 11.8 Å². The second kappa shape index (κ2) is 12.1. The third-order valence-electron chi connectivity index (χ3n) is 5.10. The lowest BCUT2D eigenvalue weighted by atomic mass is 10.1. The Hall–Kier alpha value is -4.25. The molecule has 0 aromatic heterocycles. The predicted molar refractivity (Wildman–Crippen MR) is 141 cm³/mol. The van der Waals surface area contributed by atoms with Gasteiger partial charge in [0.1, 0.15) is 18.1 Å². The Morgan fingerprint density at radius 2 is 1.68 bits per heavy atom. The summed E-state index contributed by atoms with van der Waals surface area (Å²) >= 11 is 0. The van der Waals surface area contributed by atoms with Gasteiger partial charge in [0, 0.05) is 5.69 Å². The number of aryl methyl sites for hydroxylation is 2. The Balaban J connectivity index is 1.51. The smallest absolute Gasteiger partial charge is 0.262 e. The van der Waals surface area contributed by atoms with E-state index < -0.39 is 34.2 Å². The summed E-state index contributed by atoms with van der Waals surface area (Å²) in [7, 11) is -3.70. The Bertz CT molecular complexity index is 1390. The van der Waals surface area contributed by atoms with Crippen LogP contribution in [0, 0.1) is 19.7 Å². The summed E-state index contributed by atoms with van der Waals surface area (Å²) in [6, 6.07) is 17.3. The number of anilines is 2. The average molecular weight is 527 g/mol. The van der Waals surface area contributed by atoms with Crippen LogP contribution in [-0.4, -0.2) is 45.9 Å². The van der Waals surface area contributed by atoms with Crippen LogP contribution in [0.1, 0.15) is 16.7 Å². The number of hydrogen-bond acceptors (Lipinski definition) is 6. The first-order valence-electron chi connectivity index (χ1n) is 11.2. The van der Waals surface area contributed by atoms with E-state index in [1.807, 2.05) is 13.0 Å². The van der Waals surface area contributed by atoms with Crippen molar-refractivity contribution >= 4 is 39.4 Å². The SMILES string of the molecule is Cc1ccc(C)c(N(CC(=O)N/N=C\c2ccc(OCC(=O)Nc3ccc(F)cc3)cc2)S(C)(=O)=O)c1. The molecule has 3 aromatic rings. The summed E-state index contributed by atoms with van der Waals surface area (Å²) in [5.41, 5.74) is 5.46. The Morgan fingerprint density at radius 3 is 2.32 bits per heavy atom. The van der Waals surface area contributed by atoms with Crippen molar-refractivity contribution in [2.24, 2.45) is 5.10 Å². The van der Waals surface area contributed by atoms with Gasteiger partial charge in [-0.15, -0.1) is 0 Å². The first-order valence-corrected chi connectivity index (χ1v) is 13.0. The molecule has 0 fully saturated rings. The van der Waals surface area contributed by atoms with E-state index in [1.54, 1.807) is 43.3 Å². The number of ether oxygens (including phenoxy) is 1. The number of halogens is 1. The van der Waals surface area contributed by atoms with Gasteiger partial charge in [-0.05, 0) is 85.1 Å². The highest BCUT2D eigenvalue weighted by Gasteiger charge is 2.22. The number of hydrogen-bond donors (Lipinski definition) is 2. The first-order chi connectivity index (χ1) is 17.5. The van der Waals surface area contributed by atoms with Crippen molar-refractivity contribution in [3.63, 3.8) is 0 Å². The van der Waals surface area contributed by atoms with Gasteiger partial charge in [-0.2, -0.15) is 5.10 Å². The second-order valence-electron chi connectivity index (χ2n) is 8.27. The molecular weight excluding hydrogens is 499 g/mol. The van der Waals surface area contributed by atoms with Crippen molar-refractivity contribution in [2.75, 3.05) is 29.0 Å². The molecule has 2 N–H and O–H groups in total. The van der Waals surface area contributed by atoms with E-state index in [4.69, 9.17) is 4.74 Å². The van der Waals surface area contributed by atoms with Crippen molar-refractivity contribution < 1.29 is 27.1 Å². The minimum atomic E-state index is -3.70. The Kier molecular flexibility index (Phi) is 8.96. The topological polar surface area (TPSA) is 117 Å². The molecule has 37 heavy (non-hydrogen) atoms. The summed E-state index contributed by atoms with van der Waals surface area (Å²) in [6.45, 7) is 2.95. The summed E-state index contributed by atoms with van der Waals surface area (Å²) in [4.78, 5) is 24.4. The minimum Gasteiger partial charge on any atom is -0.484 e. The van der Waals surface area contributed by atoms with Gasteiger partial charge in [0.15, 0.2) is 6.61 Å². The summed E-state index contributed by atoms with van der Waals surface area (Å²) in [5, 5.41) is 6.48. The monoisotopic (exact) mass is 526 g/mol. The maximum atomic E-state index is 12.9. The number of carbonyl (C=O) groups is 2. The molecule has 0 radical (unpaired) electrons. The number of benzene rings is 3. The molecule has 11 heteroatoms. The summed E-state index contributed by atoms with van der Waals surface area (Å²) < 4.78 is 44.0. The standard InChI is InChI=1S/C26H27FN4O5S/c1-18-4-5-19(2)24(14-18)31(37(3,34)35)16-25(32)30-28-15-20-6-12-23(13-7-20)36-17-26(33)29-22-10-8-21(27)9-11-22/h4-15H,16-17H2,1-3H3,(H,29,33)(H,30,32)/b28-15-. The Morgan fingerprint density at radius 1 is 1.00 bits per heavy atom. The van der Waals surface area contributed by atoms with E-state index in [2.05, 4.69) is 15.8 Å². The molecule has 0 heterocycles.